The van der Waals surface area contributed by atoms with Crippen LogP contribution in [-0.4, -0.2) is 13.4 Å². The third-order valence-corrected chi connectivity index (χ3v) is 3.87. The maximum Gasteiger partial charge on any atom is 0.262 e. The van der Waals surface area contributed by atoms with Crippen LogP contribution in [0.4, 0.5) is 11.5 Å². The molecule has 0 spiro atoms. The number of nitrogens with one attached hydrogen (secondary N) is 1. The van der Waals surface area contributed by atoms with Gasteiger partial charge in [-0.25, -0.2) is 13.4 Å². The van der Waals surface area contributed by atoms with E-state index >= 15 is 0 Å². The number of hydrogen-bond acceptors (Lipinski definition) is 4. The van der Waals surface area contributed by atoms with Crippen LogP contribution in [0.25, 0.3) is 0 Å². The predicted octanol–water partition coefficient (Wildman–Crippen LogP) is 2.12. The zero-order valence-corrected chi connectivity index (χ0v) is 10.7. The van der Waals surface area contributed by atoms with E-state index in [0.717, 1.165) is 0 Å². The number of para-hydroxylation sites is 1. The fourth-order valence-corrected chi connectivity index (χ4v) is 2.68. The standard InChI is InChI=1S/C11H10ClN3O2S/c12-9-3-1-2-4-10(9)15-18(16,17)8-5-6-14-11(13)7-8/h1-7,15H,(H2,13,14). The molecule has 0 unspecified atom stereocenters. The van der Waals surface area contributed by atoms with Crippen molar-refractivity contribution in [2.75, 3.05) is 10.5 Å². The molecule has 0 aliphatic carbocycles. The first-order valence-electron chi connectivity index (χ1n) is 4.98. The Morgan fingerprint density at radius 3 is 2.61 bits per heavy atom. The Kier molecular flexibility index (Phi) is 3.40. The van der Waals surface area contributed by atoms with Crippen molar-refractivity contribution in [3.05, 3.63) is 47.6 Å². The first-order valence-corrected chi connectivity index (χ1v) is 6.84. The molecule has 0 amide bonds. The highest BCUT2D eigenvalue weighted by molar-refractivity contribution is 7.92. The van der Waals surface area contributed by atoms with Crippen LogP contribution in [0.3, 0.4) is 0 Å². The van der Waals surface area contributed by atoms with Crippen molar-refractivity contribution in [3.8, 4) is 0 Å². The second-order valence-electron chi connectivity index (χ2n) is 3.50. The van der Waals surface area contributed by atoms with Crippen LogP contribution in [0.5, 0.6) is 0 Å². The van der Waals surface area contributed by atoms with Gasteiger partial charge in [0.1, 0.15) is 5.82 Å². The number of aromatic nitrogens is 1. The van der Waals surface area contributed by atoms with E-state index in [2.05, 4.69) is 9.71 Å². The van der Waals surface area contributed by atoms with Gasteiger partial charge in [0.25, 0.3) is 10.0 Å². The van der Waals surface area contributed by atoms with Crippen LogP contribution in [-0.2, 0) is 10.0 Å². The average molecular weight is 284 g/mol. The van der Waals surface area contributed by atoms with E-state index in [-0.39, 0.29) is 10.7 Å². The lowest BCUT2D eigenvalue weighted by molar-refractivity contribution is 0.601. The quantitative estimate of drug-likeness (QED) is 0.903. The average Bonchev–Trinajstić information content (AvgIpc) is 2.32. The highest BCUT2D eigenvalue weighted by atomic mass is 35.5. The molecular formula is C11H10ClN3O2S. The number of anilines is 2. The van der Waals surface area contributed by atoms with Crippen molar-refractivity contribution in [2.45, 2.75) is 4.90 Å². The number of rotatable bonds is 3. The summed E-state index contributed by atoms with van der Waals surface area (Å²) in [7, 11) is -3.71. The Bertz CT molecular complexity index is 673. The zero-order chi connectivity index (χ0) is 13.2. The lowest BCUT2D eigenvalue weighted by Gasteiger charge is -2.09. The number of pyridine rings is 1. The van der Waals surface area contributed by atoms with Crippen molar-refractivity contribution >= 4 is 33.1 Å². The number of nitrogen functional groups attached to an aromatic ring is 1. The smallest absolute Gasteiger partial charge is 0.262 e. The molecule has 0 aliphatic rings. The highest BCUT2D eigenvalue weighted by Gasteiger charge is 2.15. The topological polar surface area (TPSA) is 85.1 Å². The molecule has 0 aliphatic heterocycles. The van der Waals surface area contributed by atoms with Gasteiger partial charge in [0.15, 0.2) is 0 Å². The number of nitrogens with zero attached hydrogens (tertiary/aromatic N) is 1. The molecule has 5 nitrogen and oxygen atoms in total. The predicted molar refractivity (Wildman–Crippen MR) is 70.9 cm³/mol. The van der Waals surface area contributed by atoms with E-state index in [4.69, 9.17) is 17.3 Å². The van der Waals surface area contributed by atoms with Crippen LogP contribution in [0.15, 0.2) is 47.5 Å². The van der Waals surface area contributed by atoms with Gasteiger partial charge in [-0.15, -0.1) is 0 Å². The zero-order valence-electron chi connectivity index (χ0n) is 9.17. The Morgan fingerprint density at radius 2 is 1.94 bits per heavy atom. The summed E-state index contributed by atoms with van der Waals surface area (Å²) in [4.78, 5) is 3.77. The Labute approximate surface area is 110 Å². The van der Waals surface area contributed by atoms with Gasteiger partial charge in [0.05, 0.1) is 15.6 Å². The van der Waals surface area contributed by atoms with Crippen molar-refractivity contribution < 1.29 is 8.42 Å². The SMILES string of the molecule is Nc1cc(S(=O)(=O)Nc2ccccc2Cl)ccn1. The molecule has 1 heterocycles. The number of sulfonamides is 1. The molecule has 2 rings (SSSR count). The molecule has 1 aromatic heterocycles. The number of halogens is 1. The van der Waals surface area contributed by atoms with Crippen LogP contribution in [0, 0.1) is 0 Å². The largest absolute Gasteiger partial charge is 0.384 e. The van der Waals surface area contributed by atoms with Crippen LogP contribution in [0.2, 0.25) is 5.02 Å². The van der Waals surface area contributed by atoms with E-state index in [0.29, 0.717) is 10.7 Å². The molecule has 0 saturated carbocycles. The van der Waals surface area contributed by atoms with E-state index < -0.39 is 10.0 Å². The summed E-state index contributed by atoms with van der Waals surface area (Å²) in [5, 5.41) is 0.322. The summed E-state index contributed by atoms with van der Waals surface area (Å²) in [5.74, 6) is 0.136. The van der Waals surface area contributed by atoms with Gasteiger partial charge in [-0.3, -0.25) is 4.72 Å². The monoisotopic (exact) mass is 283 g/mol. The van der Waals surface area contributed by atoms with Gasteiger partial charge in [-0.05, 0) is 18.2 Å². The molecular weight excluding hydrogens is 274 g/mol. The minimum Gasteiger partial charge on any atom is -0.384 e. The first kappa shape index (κ1) is 12.7. The second kappa shape index (κ2) is 4.83. The molecule has 7 heteroatoms. The normalized spacial score (nSPS) is 11.2. The van der Waals surface area contributed by atoms with E-state index in [1.165, 1.54) is 18.3 Å². The van der Waals surface area contributed by atoms with Gasteiger partial charge in [-0.1, -0.05) is 23.7 Å². The summed E-state index contributed by atoms with van der Waals surface area (Å²) >= 11 is 5.89. The van der Waals surface area contributed by atoms with Crippen LogP contribution >= 0.6 is 11.6 Å². The fraction of sp³-hybridized carbons (Fsp3) is 0. The van der Waals surface area contributed by atoms with Gasteiger partial charge in [0, 0.05) is 12.3 Å². The lowest BCUT2D eigenvalue weighted by Crippen LogP contribution is -2.13. The van der Waals surface area contributed by atoms with Crippen molar-refractivity contribution in [3.63, 3.8) is 0 Å². The maximum atomic E-state index is 12.1. The van der Waals surface area contributed by atoms with Crippen LogP contribution in [0.1, 0.15) is 0 Å². The van der Waals surface area contributed by atoms with Crippen LogP contribution < -0.4 is 10.5 Å². The summed E-state index contributed by atoms with van der Waals surface area (Å²) in [6.45, 7) is 0. The minimum atomic E-state index is -3.71. The summed E-state index contributed by atoms with van der Waals surface area (Å²) in [5.41, 5.74) is 5.76. The molecule has 94 valence electrons. The second-order valence-corrected chi connectivity index (χ2v) is 5.59. The third-order valence-electron chi connectivity index (χ3n) is 2.18. The summed E-state index contributed by atoms with van der Waals surface area (Å²) in [6, 6.07) is 9.20. The summed E-state index contributed by atoms with van der Waals surface area (Å²) < 4.78 is 26.5. The van der Waals surface area contributed by atoms with E-state index in [9.17, 15) is 8.42 Å². The molecule has 18 heavy (non-hydrogen) atoms. The lowest BCUT2D eigenvalue weighted by atomic mass is 10.3. The number of hydrogen-bond donors (Lipinski definition) is 2. The fourth-order valence-electron chi connectivity index (χ4n) is 1.34. The highest BCUT2D eigenvalue weighted by Crippen LogP contribution is 2.24. The van der Waals surface area contributed by atoms with Gasteiger partial charge >= 0.3 is 0 Å². The Morgan fingerprint density at radius 1 is 1.22 bits per heavy atom. The molecule has 0 bridgehead atoms. The van der Waals surface area contributed by atoms with Gasteiger partial charge in [-0.2, -0.15) is 0 Å². The van der Waals surface area contributed by atoms with E-state index in [1.807, 2.05) is 0 Å². The number of nitrogens with two attached hydrogens (primary N) is 1. The Balaban J connectivity index is 2.37. The van der Waals surface area contributed by atoms with E-state index in [1.54, 1.807) is 24.3 Å². The Hall–Kier alpha value is -1.79. The molecule has 0 atom stereocenters. The van der Waals surface area contributed by atoms with Gasteiger partial charge < -0.3 is 5.73 Å². The molecule has 1 aromatic carbocycles. The van der Waals surface area contributed by atoms with Gasteiger partial charge in [0.2, 0.25) is 0 Å². The maximum absolute atomic E-state index is 12.1. The molecule has 3 N–H and O–H groups in total. The van der Waals surface area contributed by atoms with Crippen molar-refractivity contribution in [1.29, 1.82) is 0 Å². The molecule has 0 fully saturated rings. The van der Waals surface area contributed by atoms with Crippen molar-refractivity contribution in [2.24, 2.45) is 0 Å². The summed E-state index contributed by atoms with van der Waals surface area (Å²) in [6.07, 6.45) is 1.33. The number of benzene rings is 1. The third kappa shape index (κ3) is 2.72. The molecule has 0 saturated heterocycles. The van der Waals surface area contributed by atoms with Crippen molar-refractivity contribution in [1.82, 2.24) is 4.98 Å². The molecule has 2 aromatic rings. The molecule has 0 radical (unpaired) electrons. The first-order chi connectivity index (χ1) is 8.49. The minimum absolute atomic E-state index is 0.0370.